The van der Waals surface area contributed by atoms with Crippen molar-refractivity contribution in [3.63, 3.8) is 0 Å². The lowest BCUT2D eigenvalue weighted by molar-refractivity contribution is -0.132. The van der Waals surface area contributed by atoms with Gasteiger partial charge in [0.15, 0.2) is 0 Å². The van der Waals surface area contributed by atoms with Gasteiger partial charge in [0.2, 0.25) is 5.91 Å². The van der Waals surface area contributed by atoms with Gasteiger partial charge in [-0.25, -0.2) is 4.98 Å². The minimum absolute atomic E-state index is 0. The number of nitrogens with zero attached hydrogens (tertiary/aromatic N) is 3. The van der Waals surface area contributed by atoms with Crippen molar-refractivity contribution in [2.24, 2.45) is 5.73 Å². The highest BCUT2D eigenvalue weighted by atomic mass is 35.5. The van der Waals surface area contributed by atoms with Gasteiger partial charge in [0.25, 0.3) is 5.91 Å². The van der Waals surface area contributed by atoms with Crippen LogP contribution in [0.5, 0.6) is 0 Å². The maximum absolute atomic E-state index is 12.0. The third kappa shape index (κ3) is 6.90. The number of piperazine rings is 1. The van der Waals surface area contributed by atoms with E-state index < -0.39 is 0 Å². The Morgan fingerprint density at radius 3 is 2.58 bits per heavy atom. The molecule has 7 nitrogen and oxygen atoms in total. The van der Waals surface area contributed by atoms with Gasteiger partial charge in [-0.05, 0) is 13.6 Å². The first-order valence-electron chi connectivity index (χ1n) is 7.49. The number of aromatic nitrogens is 1. The average Bonchev–Trinajstić information content (AvgIpc) is 2.97. The number of amides is 2. The van der Waals surface area contributed by atoms with E-state index in [9.17, 15) is 9.59 Å². The molecule has 0 saturated carbocycles. The van der Waals surface area contributed by atoms with Crippen molar-refractivity contribution in [2.75, 3.05) is 46.3 Å². The Morgan fingerprint density at radius 1 is 1.29 bits per heavy atom. The van der Waals surface area contributed by atoms with E-state index in [1.807, 2.05) is 4.90 Å². The molecule has 2 rings (SSSR count). The highest BCUT2D eigenvalue weighted by molar-refractivity contribution is 7.09. The molecular formula is C14H25Cl2N5O2S. The highest BCUT2D eigenvalue weighted by Gasteiger charge is 2.19. The second-order valence-electron chi connectivity index (χ2n) is 5.36. The average molecular weight is 398 g/mol. The monoisotopic (exact) mass is 397 g/mol. The number of likely N-dealkylation sites (N-methyl/N-ethyl adjacent to an activating group) is 1. The zero-order valence-corrected chi connectivity index (χ0v) is 16.1. The summed E-state index contributed by atoms with van der Waals surface area (Å²) in [5.74, 6) is -0.138. The number of hydrogen-bond donors (Lipinski definition) is 2. The molecule has 1 aromatic heterocycles. The van der Waals surface area contributed by atoms with Crippen molar-refractivity contribution >= 4 is 48.0 Å². The summed E-state index contributed by atoms with van der Waals surface area (Å²) in [4.78, 5) is 32.3. The summed E-state index contributed by atoms with van der Waals surface area (Å²) in [6.45, 7) is 4.19. The Morgan fingerprint density at radius 2 is 1.96 bits per heavy atom. The Bertz CT molecular complexity index is 521. The van der Waals surface area contributed by atoms with E-state index >= 15 is 0 Å². The molecule has 2 heterocycles. The minimum Gasteiger partial charge on any atom is -0.350 e. The van der Waals surface area contributed by atoms with Crippen LogP contribution in [0.4, 0.5) is 0 Å². The van der Waals surface area contributed by atoms with Crippen LogP contribution in [0, 0.1) is 0 Å². The number of thiazole rings is 1. The van der Waals surface area contributed by atoms with E-state index in [2.05, 4.69) is 22.2 Å². The molecule has 0 spiro atoms. The lowest BCUT2D eigenvalue weighted by Crippen LogP contribution is -2.47. The Kier molecular flexibility index (Phi) is 11.1. The van der Waals surface area contributed by atoms with Crippen LogP contribution in [0.25, 0.3) is 0 Å². The van der Waals surface area contributed by atoms with Gasteiger partial charge in [0.05, 0.1) is 5.01 Å². The van der Waals surface area contributed by atoms with Gasteiger partial charge >= 0.3 is 0 Å². The summed E-state index contributed by atoms with van der Waals surface area (Å²) >= 11 is 1.43. The normalized spacial score (nSPS) is 14.5. The molecular weight excluding hydrogens is 373 g/mol. The summed E-state index contributed by atoms with van der Waals surface area (Å²) < 4.78 is 0. The molecule has 138 valence electrons. The largest absolute Gasteiger partial charge is 0.350 e. The fraction of sp³-hybridized carbons (Fsp3) is 0.643. The predicted molar refractivity (Wildman–Crippen MR) is 100 cm³/mol. The van der Waals surface area contributed by atoms with E-state index in [-0.39, 0.29) is 36.6 Å². The van der Waals surface area contributed by atoms with E-state index in [1.165, 1.54) is 11.3 Å². The van der Waals surface area contributed by atoms with Crippen LogP contribution in [0.3, 0.4) is 0 Å². The standard InChI is InChI=1S/C14H23N5O2S.2ClH/c1-18-6-8-19(9-7-18)13(20)3-5-16-14(21)11-10-22-12(17-11)2-4-15;;/h10H,2-9,15H2,1H3,(H,16,21);2*1H. The first-order chi connectivity index (χ1) is 10.6. The second kappa shape index (κ2) is 11.6. The second-order valence-corrected chi connectivity index (χ2v) is 6.30. The maximum Gasteiger partial charge on any atom is 0.270 e. The molecule has 3 N–H and O–H groups in total. The van der Waals surface area contributed by atoms with Crippen LogP contribution >= 0.6 is 36.2 Å². The van der Waals surface area contributed by atoms with Crippen LogP contribution in [0.15, 0.2) is 5.38 Å². The predicted octanol–water partition coefficient (Wildman–Crippen LogP) is 0.382. The minimum atomic E-state index is -0.231. The molecule has 0 radical (unpaired) electrons. The Balaban J connectivity index is 0.00000264. The Labute approximate surface area is 158 Å². The van der Waals surface area contributed by atoms with Crippen LogP contribution < -0.4 is 11.1 Å². The molecule has 0 aromatic carbocycles. The zero-order chi connectivity index (χ0) is 15.9. The molecule has 1 fully saturated rings. The maximum atomic E-state index is 12.0. The number of nitrogens with two attached hydrogens (primary N) is 1. The van der Waals surface area contributed by atoms with Crippen LogP contribution in [0.1, 0.15) is 21.9 Å². The topological polar surface area (TPSA) is 91.6 Å². The first kappa shape index (κ1) is 23.1. The third-order valence-corrected chi connectivity index (χ3v) is 4.53. The van der Waals surface area contributed by atoms with E-state index in [0.29, 0.717) is 31.6 Å². The molecule has 1 aromatic rings. The fourth-order valence-electron chi connectivity index (χ4n) is 2.24. The van der Waals surface area contributed by atoms with Gasteiger partial charge in [0.1, 0.15) is 5.69 Å². The summed E-state index contributed by atoms with van der Waals surface area (Å²) in [5, 5.41) is 5.34. The number of carbonyl (C=O) groups is 2. The summed E-state index contributed by atoms with van der Waals surface area (Å²) in [5.41, 5.74) is 5.86. The molecule has 1 aliphatic heterocycles. The van der Waals surface area contributed by atoms with Crippen LogP contribution in [-0.4, -0.2) is 72.9 Å². The van der Waals surface area contributed by atoms with Crippen LogP contribution in [-0.2, 0) is 11.2 Å². The number of halogens is 2. The van der Waals surface area contributed by atoms with Gasteiger partial charge < -0.3 is 20.9 Å². The fourth-order valence-corrected chi connectivity index (χ4v) is 3.04. The number of hydrogen-bond acceptors (Lipinski definition) is 6. The zero-order valence-electron chi connectivity index (χ0n) is 13.7. The SMILES string of the molecule is CN1CCN(C(=O)CCNC(=O)c2csc(CCN)n2)CC1.Cl.Cl. The van der Waals surface area contributed by atoms with Crippen LogP contribution in [0.2, 0.25) is 0 Å². The van der Waals surface area contributed by atoms with Crippen molar-refractivity contribution in [3.8, 4) is 0 Å². The van der Waals surface area contributed by atoms with Gasteiger partial charge in [-0.3, -0.25) is 9.59 Å². The molecule has 1 saturated heterocycles. The molecule has 24 heavy (non-hydrogen) atoms. The van der Waals surface area contributed by atoms with Crippen molar-refractivity contribution in [3.05, 3.63) is 16.1 Å². The third-order valence-electron chi connectivity index (χ3n) is 3.62. The molecule has 0 bridgehead atoms. The molecule has 2 amide bonds. The number of rotatable bonds is 6. The quantitative estimate of drug-likeness (QED) is 0.723. The summed E-state index contributed by atoms with van der Waals surface area (Å²) in [6, 6.07) is 0. The van der Waals surface area contributed by atoms with E-state index in [1.54, 1.807) is 5.38 Å². The Hall–Kier alpha value is -0.930. The van der Waals surface area contributed by atoms with E-state index in [4.69, 9.17) is 5.73 Å². The molecule has 0 atom stereocenters. The van der Waals surface area contributed by atoms with Crippen molar-refractivity contribution in [1.82, 2.24) is 20.1 Å². The van der Waals surface area contributed by atoms with Crippen molar-refractivity contribution < 1.29 is 9.59 Å². The van der Waals surface area contributed by atoms with Gasteiger partial charge in [0, 0.05) is 50.9 Å². The van der Waals surface area contributed by atoms with Gasteiger partial charge in [-0.2, -0.15) is 0 Å². The number of carbonyl (C=O) groups excluding carboxylic acids is 2. The lowest BCUT2D eigenvalue weighted by Gasteiger charge is -2.32. The van der Waals surface area contributed by atoms with E-state index in [0.717, 1.165) is 31.2 Å². The summed E-state index contributed by atoms with van der Waals surface area (Å²) in [7, 11) is 2.05. The molecule has 0 aliphatic carbocycles. The lowest BCUT2D eigenvalue weighted by atomic mass is 10.3. The molecule has 1 aliphatic rings. The van der Waals surface area contributed by atoms with Crippen molar-refractivity contribution in [2.45, 2.75) is 12.8 Å². The summed E-state index contributed by atoms with van der Waals surface area (Å²) in [6.07, 6.45) is 1.01. The molecule has 10 heteroatoms. The highest BCUT2D eigenvalue weighted by Crippen LogP contribution is 2.09. The van der Waals surface area contributed by atoms with Gasteiger partial charge in [-0.15, -0.1) is 36.2 Å². The van der Waals surface area contributed by atoms with Gasteiger partial charge in [-0.1, -0.05) is 0 Å². The number of nitrogens with one attached hydrogen (secondary N) is 1. The smallest absolute Gasteiger partial charge is 0.270 e. The van der Waals surface area contributed by atoms with Crippen molar-refractivity contribution in [1.29, 1.82) is 0 Å². The molecule has 0 unspecified atom stereocenters. The first-order valence-corrected chi connectivity index (χ1v) is 8.37.